The zero-order valence-electron chi connectivity index (χ0n) is 10.1. The van der Waals surface area contributed by atoms with Crippen LogP contribution in [0.3, 0.4) is 0 Å². The highest BCUT2D eigenvalue weighted by Crippen LogP contribution is 2.10. The summed E-state index contributed by atoms with van der Waals surface area (Å²) in [4.78, 5) is 4.30. The number of hydrogen-bond acceptors (Lipinski definition) is 2. The van der Waals surface area contributed by atoms with E-state index in [2.05, 4.69) is 37.1 Å². The van der Waals surface area contributed by atoms with Gasteiger partial charge in [0.15, 0.2) is 0 Å². The average molecular weight is 206 g/mol. The van der Waals surface area contributed by atoms with Gasteiger partial charge in [0, 0.05) is 30.4 Å². The molecule has 0 aliphatic heterocycles. The molecule has 0 aliphatic rings. The molecule has 1 aromatic rings. The highest BCUT2D eigenvalue weighted by atomic mass is 14.9. The number of nitrogens with zero attached hydrogens (tertiary/aromatic N) is 1. The van der Waals surface area contributed by atoms with E-state index in [1.807, 2.05) is 18.3 Å². The Kier molecular flexibility index (Phi) is 4.76. The van der Waals surface area contributed by atoms with Crippen LogP contribution >= 0.6 is 0 Å². The highest BCUT2D eigenvalue weighted by molar-refractivity contribution is 5.03. The summed E-state index contributed by atoms with van der Waals surface area (Å²) in [5.74, 6) is 0. The molecule has 0 radical (unpaired) electrons. The van der Waals surface area contributed by atoms with Crippen molar-refractivity contribution in [3.05, 3.63) is 30.1 Å². The minimum atomic E-state index is 0.254. The van der Waals surface area contributed by atoms with Crippen molar-refractivity contribution in [1.29, 1.82) is 0 Å². The first kappa shape index (κ1) is 12.2. The Bertz CT molecular complexity index is 267. The van der Waals surface area contributed by atoms with E-state index in [1.54, 1.807) is 0 Å². The van der Waals surface area contributed by atoms with Crippen molar-refractivity contribution in [2.45, 2.75) is 45.6 Å². The highest BCUT2D eigenvalue weighted by Gasteiger charge is 2.14. The lowest BCUT2D eigenvalue weighted by Crippen LogP contribution is -2.40. The van der Waals surface area contributed by atoms with Gasteiger partial charge in [-0.1, -0.05) is 19.4 Å². The number of rotatable bonds is 6. The first-order chi connectivity index (χ1) is 7.14. The topological polar surface area (TPSA) is 24.9 Å². The Hall–Kier alpha value is -0.890. The van der Waals surface area contributed by atoms with Crippen LogP contribution in [0.2, 0.25) is 0 Å². The van der Waals surface area contributed by atoms with E-state index in [1.165, 1.54) is 12.8 Å². The average Bonchev–Trinajstić information content (AvgIpc) is 2.19. The van der Waals surface area contributed by atoms with E-state index >= 15 is 0 Å². The molecular weight excluding hydrogens is 184 g/mol. The Morgan fingerprint density at radius 2 is 2.13 bits per heavy atom. The minimum Gasteiger partial charge on any atom is -0.311 e. The van der Waals surface area contributed by atoms with Crippen molar-refractivity contribution in [3.8, 4) is 0 Å². The molecule has 0 spiro atoms. The molecule has 1 rings (SSSR count). The van der Waals surface area contributed by atoms with Gasteiger partial charge in [-0.05, 0) is 32.4 Å². The summed E-state index contributed by atoms with van der Waals surface area (Å²) < 4.78 is 0. The van der Waals surface area contributed by atoms with E-state index in [0.29, 0.717) is 0 Å². The molecule has 15 heavy (non-hydrogen) atoms. The molecule has 84 valence electrons. The summed E-state index contributed by atoms with van der Waals surface area (Å²) in [6.07, 6.45) is 5.30. The van der Waals surface area contributed by atoms with E-state index in [9.17, 15) is 0 Å². The van der Waals surface area contributed by atoms with Gasteiger partial charge in [0.25, 0.3) is 0 Å². The van der Waals surface area contributed by atoms with E-state index < -0.39 is 0 Å². The molecule has 1 heterocycles. The predicted octanol–water partition coefficient (Wildman–Crippen LogP) is 2.79. The zero-order valence-corrected chi connectivity index (χ0v) is 10.1. The standard InChI is InChI=1S/C13H22N2/c1-4-9-13(2,3)15-11-8-12-7-5-6-10-14-12/h5-7,10,15H,4,8-9,11H2,1-3H3. The monoisotopic (exact) mass is 206 g/mol. The van der Waals surface area contributed by atoms with E-state index in [0.717, 1.165) is 18.7 Å². The fourth-order valence-electron chi connectivity index (χ4n) is 1.79. The van der Waals surface area contributed by atoms with Crippen LogP contribution in [0, 0.1) is 0 Å². The van der Waals surface area contributed by atoms with Gasteiger partial charge in [-0.15, -0.1) is 0 Å². The lowest BCUT2D eigenvalue weighted by molar-refractivity contribution is 0.361. The molecule has 0 fully saturated rings. The second kappa shape index (κ2) is 5.86. The third-order valence-corrected chi connectivity index (χ3v) is 2.59. The molecule has 0 atom stereocenters. The Morgan fingerprint density at radius 1 is 1.33 bits per heavy atom. The maximum atomic E-state index is 4.30. The fraction of sp³-hybridized carbons (Fsp3) is 0.615. The molecule has 0 amide bonds. The second-order valence-electron chi connectivity index (χ2n) is 4.63. The van der Waals surface area contributed by atoms with Crippen molar-refractivity contribution in [1.82, 2.24) is 10.3 Å². The van der Waals surface area contributed by atoms with Gasteiger partial charge in [0.2, 0.25) is 0 Å². The van der Waals surface area contributed by atoms with Crippen LogP contribution in [0.25, 0.3) is 0 Å². The molecule has 0 unspecified atom stereocenters. The molecule has 0 bridgehead atoms. The second-order valence-corrected chi connectivity index (χ2v) is 4.63. The van der Waals surface area contributed by atoms with Crippen molar-refractivity contribution < 1.29 is 0 Å². The van der Waals surface area contributed by atoms with Gasteiger partial charge in [-0.25, -0.2) is 0 Å². The quantitative estimate of drug-likeness (QED) is 0.774. The predicted molar refractivity (Wildman–Crippen MR) is 64.9 cm³/mol. The molecule has 2 heteroatoms. The van der Waals surface area contributed by atoms with Crippen molar-refractivity contribution in [3.63, 3.8) is 0 Å². The first-order valence-corrected chi connectivity index (χ1v) is 5.79. The molecule has 1 N–H and O–H groups in total. The molecule has 0 aromatic carbocycles. The summed E-state index contributed by atoms with van der Waals surface area (Å²) in [5, 5.41) is 3.57. The van der Waals surface area contributed by atoms with Crippen LogP contribution in [0.4, 0.5) is 0 Å². The Balaban J connectivity index is 2.27. The van der Waals surface area contributed by atoms with Gasteiger partial charge in [0.1, 0.15) is 0 Å². The van der Waals surface area contributed by atoms with Gasteiger partial charge < -0.3 is 5.32 Å². The van der Waals surface area contributed by atoms with E-state index in [4.69, 9.17) is 0 Å². The van der Waals surface area contributed by atoms with Gasteiger partial charge in [-0.2, -0.15) is 0 Å². The van der Waals surface area contributed by atoms with Crippen LogP contribution < -0.4 is 5.32 Å². The van der Waals surface area contributed by atoms with Gasteiger partial charge in [0.05, 0.1) is 0 Å². The largest absolute Gasteiger partial charge is 0.311 e. The van der Waals surface area contributed by atoms with Crippen molar-refractivity contribution >= 4 is 0 Å². The number of hydrogen-bond donors (Lipinski definition) is 1. The molecule has 0 saturated carbocycles. The van der Waals surface area contributed by atoms with Gasteiger partial charge in [-0.3, -0.25) is 4.98 Å². The van der Waals surface area contributed by atoms with Crippen LogP contribution in [-0.2, 0) is 6.42 Å². The third kappa shape index (κ3) is 4.93. The summed E-state index contributed by atoms with van der Waals surface area (Å²) >= 11 is 0. The smallest absolute Gasteiger partial charge is 0.0416 e. The molecule has 0 aliphatic carbocycles. The minimum absolute atomic E-state index is 0.254. The Morgan fingerprint density at radius 3 is 2.73 bits per heavy atom. The lowest BCUT2D eigenvalue weighted by atomic mass is 9.99. The summed E-state index contributed by atoms with van der Waals surface area (Å²) in [5.41, 5.74) is 1.42. The van der Waals surface area contributed by atoms with Crippen LogP contribution in [-0.4, -0.2) is 17.1 Å². The molecule has 0 saturated heterocycles. The summed E-state index contributed by atoms with van der Waals surface area (Å²) in [7, 11) is 0. The lowest BCUT2D eigenvalue weighted by Gasteiger charge is -2.25. The van der Waals surface area contributed by atoms with Gasteiger partial charge >= 0.3 is 0 Å². The van der Waals surface area contributed by atoms with Crippen molar-refractivity contribution in [2.75, 3.05) is 6.54 Å². The fourth-order valence-corrected chi connectivity index (χ4v) is 1.79. The normalized spacial score (nSPS) is 11.7. The maximum absolute atomic E-state index is 4.30. The number of nitrogens with one attached hydrogen (secondary N) is 1. The molecule has 2 nitrogen and oxygen atoms in total. The van der Waals surface area contributed by atoms with Crippen LogP contribution in [0.1, 0.15) is 39.3 Å². The molecular formula is C13H22N2. The first-order valence-electron chi connectivity index (χ1n) is 5.79. The number of pyridine rings is 1. The maximum Gasteiger partial charge on any atom is 0.0416 e. The third-order valence-electron chi connectivity index (χ3n) is 2.59. The van der Waals surface area contributed by atoms with Crippen molar-refractivity contribution in [2.24, 2.45) is 0 Å². The van der Waals surface area contributed by atoms with Crippen LogP contribution in [0.5, 0.6) is 0 Å². The summed E-state index contributed by atoms with van der Waals surface area (Å²) in [6, 6.07) is 6.08. The molecule has 1 aromatic heterocycles. The Labute approximate surface area is 93.1 Å². The zero-order chi connectivity index (χ0) is 11.1. The number of aromatic nitrogens is 1. The van der Waals surface area contributed by atoms with E-state index in [-0.39, 0.29) is 5.54 Å². The summed E-state index contributed by atoms with van der Waals surface area (Å²) in [6.45, 7) is 7.75. The SMILES string of the molecule is CCCC(C)(C)NCCc1ccccn1. The van der Waals surface area contributed by atoms with Crippen LogP contribution in [0.15, 0.2) is 24.4 Å².